The Morgan fingerprint density at radius 2 is 2.03 bits per heavy atom. The van der Waals surface area contributed by atoms with E-state index in [0.717, 1.165) is 12.0 Å². The smallest absolute Gasteiger partial charge is 0.263 e. The second-order valence-corrected chi connectivity index (χ2v) is 6.82. The van der Waals surface area contributed by atoms with Gasteiger partial charge in [-0.2, -0.15) is 0 Å². The first-order chi connectivity index (χ1) is 14.0. The van der Waals surface area contributed by atoms with Crippen LogP contribution in [0.15, 0.2) is 41.3 Å². The lowest BCUT2D eigenvalue weighted by atomic mass is 10.1. The van der Waals surface area contributed by atoms with E-state index in [9.17, 15) is 14.4 Å². The maximum Gasteiger partial charge on any atom is 0.263 e. The zero-order chi connectivity index (χ0) is 21.0. The Labute approximate surface area is 168 Å². The maximum atomic E-state index is 12.8. The fraction of sp³-hybridized carbons (Fsp3) is 0.381. The molecule has 154 valence electrons. The lowest BCUT2D eigenvalue weighted by molar-refractivity contribution is 0.0914. The maximum absolute atomic E-state index is 12.8. The summed E-state index contributed by atoms with van der Waals surface area (Å²) >= 11 is 0. The Kier molecular flexibility index (Phi) is 6.33. The minimum Gasteiger partial charge on any atom is -0.497 e. The zero-order valence-corrected chi connectivity index (χ0v) is 16.7. The molecule has 0 aliphatic heterocycles. The van der Waals surface area contributed by atoms with Crippen molar-refractivity contribution in [3.05, 3.63) is 63.6 Å². The summed E-state index contributed by atoms with van der Waals surface area (Å²) in [5.41, 5.74) is 0.501. The summed E-state index contributed by atoms with van der Waals surface area (Å²) in [6.45, 7) is 2.69. The largest absolute Gasteiger partial charge is 0.497 e. The fourth-order valence-corrected chi connectivity index (χ4v) is 3.12. The van der Waals surface area contributed by atoms with E-state index in [2.05, 4.69) is 10.6 Å². The second kappa shape index (κ2) is 8.91. The van der Waals surface area contributed by atoms with Crippen LogP contribution in [0.1, 0.15) is 39.6 Å². The Balaban J connectivity index is 1.90. The molecule has 29 heavy (non-hydrogen) atoms. The number of pyridine rings is 1. The Hall–Kier alpha value is -3.13. The highest BCUT2D eigenvalue weighted by Gasteiger charge is 2.39. The fourth-order valence-electron chi connectivity index (χ4n) is 3.12. The highest BCUT2D eigenvalue weighted by Crippen LogP contribution is 2.25. The molecule has 2 unspecified atom stereocenters. The Morgan fingerprint density at radius 1 is 1.24 bits per heavy atom. The van der Waals surface area contributed by atoms with Crippen molar-refractivity contribution in [2.24, 2.45) is 0 Å². The zero-order valence-electron chi connectivity index (χ0n) is 16.7. The third-order valence-corrected chi connectivity index (χ3v) is 4.74. The molecule has 0 bridgehead atoms. The number of carbonyl (C=O) groups excluding carboxylic acids is 2. The summed E-state index contributed by atoms with van der Waals surface area (Å²) < 4.78 is 12.1. The van der Waals surface area contributed by atoms with Gasteiger partial charge < -0.3 is 24.7 Å². The molecule has 1 aliphatic carbocycles. The van der Waals surface area contributed by atoms with E-state index >= 15 is 0 Å². The van der Waals surface area contributed by atoms with Crippen LogP contribution in [0, 0.1) is 0 Å². The molecule has 0 saturated heterocycles. The van der Waals surface area contributed by atoms with Crippen LogP contribution in [0.2, 0.25) is 0 Å². The van der Waals surface area contributed by atoms with Gasteiger partial charge in [-0.15, -0.1) is 0 Å². The molecule has 8 heteroatoms. The molecule has 1 aromatic carbocycles. The predicted molar refractivity (Wildman–Crippen MR) is 107 cm³/mol. The monoisotopic (exact) mass is 399 g/mol. The standard InChI is InChI=1S/C21H25N3O5/c1-4-29-18-10-17(18)23-19(25)14-9-16(20(26)22-2)21(27)24(12-14)11-13-6-5-7-15(8-13)28-3/h5-9,12,17-18H,4,10-11H2,1-3H3,(H,22,26)(H,23,25). The molecule has 1 aliphatic rings. The van der Waals surface area contributed by atoms with Crippen molar-refractivity contribution >= 4 is 11.8 Å². The van der Waals surface area contributed by atoms with E-state index in [1.165, 1.54) is 23.9 Å². The van der Waals surface area contributed by atoms with Gasteiger partial charge >= 0.3 is 0 Å². The van der Waals surface area contributed by atoms with Crippen LogP contribution in [0.25, 0.3) is 0 Å². The molecule has 2 amide bonds. The number of hydrogen-bond donors (Lipinski definition) is 2. The summed E-state index contributed by atoms with van der Waals surface area (Å²) in [7, 11) is 3.01. The second-order valence-electron chi connectivity index (χ2n) is 6.82. The number of methoxy groups -OCH3 is 1. The normalized spacial score (nSPS) is 17.5. The highest BCUT2D eigenvalue weighted by molar-refractivity contribution is 5.99. The summed E-state index contributed by atoms with van der Waals surface area (Å²) in [4.78, 5) is 37.7. The number of nitrogens with zero attached hydrogens (tertiary/aromatic N) is 1. The van der Waals surface area contributed by atoms with Crippen LogP contribution in [-0.2, 0) is 11.3 Å². The first-order valence-electron chi connectivity index (χ1n) is 9.48. The van der Waals surface area contributed by atoms with Crippen molar-refractivity contribution in [1.82, 2.24) is 15.2 Å². The summed E-state index contributed by atoms with van der Waals surface area (Å²) in [5.74, 6) is -0.226. The molecule has 2 aromatic rings. The van der Waals surface area contributed by atoms with Crippen LogP contribution in [-0.4, -0.2) is 49.3 Å². The van der Waals surface area contributed by atoms with E-state index < -0.39 is 11.5 Å². The van der Waals surface area contributed by atoms with Gasteiger partial charge in [0, 0.05) is 19.9 Å². The number of hydrogen-bond acceptors (Lipinski definition) is 5. The number of amides is 2. The molecule has 0 radical (unpaired) electrons. The van der Waals surface area contributed by atoms with Gasteiger partial charge in [0.15, 0.2) is 0 Å². The average Bonchev–Trinajstić information content (AvgIpc) is 3.46. The van der Waals surface area contributed by atoms with Gasteiger partial charge in [-0.05, 0) is 37.1 Å². The first kappa shape index (κ1) is 20.6. The third-order valence-electron chi connectivity index (χ3n) is 4.74. The van der Waals surface area contributed by atoms with Gasteiger partial charge in [-0.1, -0.05) is 12.1 Å². The molecule has 1 heterocycles. The van der Waals surface area contributed by atoms with Gasteiger partial charge in [0.25, 0.3) is 17.4 Å². The molecule has 1 saturated carbocycles. The molecule has 1 fully saturated rings. The van der Waals surface area contributed by atoms with Gasteiger partial charge in [0.1, 0.15) is 11.3 Å². The van der Waals surface area contributed by atoms with Crippen LogP contribution in [0.5, 0.6) is 5.75 Å². The molecule has 1 aromatic heterocycles. The number of nitrogens with one attached hydrogen (secondary N) is 2. The summed E-state index contributed by atoms with van der Waals surface area (Å²) in [6, 6.07) is 8.54. The van der Waals surface area contributed by atoms with Crippen LogP contribution in [0.4, 0.5) is 0 Å². The van der Waals surface area contributed by atoms with Crippen molar-refractivity contribution in [1.29, 1.82) is 0 Å². The molecular formula is C21H25N3O5. The van der Waals surface area contributed by atoms with Gasteiger partial charge in [-0.3, -0.25) is 14.4 Å². The minimum atomic E-state index is -0.539. The average molecular weight is 399 g/mol. The molecule has 8 nitrogen and oxygen atoms in total. The number of aromatic nitrogens is 1. The third kappa shape index (κ3) is 4.83. The number of ether oxygens (including phenoxy) is 2. The van der Waals surface area contributed by atoms with E-state index in [-0.39, 0.29) is 35.7 Å². The predicted octanol–water partition coefficient (Wildman–Crippen LogP) is 1.17. The van der Waals surface area contributed by atoms with Gasteiger partial charge in [-0.25, -0.2) is 0 Å². The van der Waals surface area contributed by atoms with Crippen molar-refractivity contribution in [2.45, 2.75) is 32.0 Å². The number of carbonyl (C=O) groups is 2. The van der Waals surface area contributed by atoms with E-state index in [1.54, 1.807) is 19.2 Å². The van der Waals surface area contributed by atoms with Crippen LogP contribution in [0.3, 0.4) is 0 Å². The van der Waals surface area contributed by atoms with Crippen LogP contribution < -0.4 is 20.9 Å². The molecule has 2 N–H and O–H groups in total. The quantitative estimate of drug-likeness (QED) is 0.694. The Bertz CT molecular complexity index is 969. The first-order valence-corrected chi connectivity index (χ1v) is 9.48. The van der Waals surface area contributed by atoms with Gasteiger partial charge in [0.05, 0.1) is 31.4 Å². The topological polar surface area (TPSA) is 98.7 Å². The van der Waals surface area contributed by atoms with E-state index in [4.69, 9.17) is 9.47 Å². The van der Waals surface area contributed by atoms with Crippen LogP contribution >= 0.6 is 0 Å². The Morgan fingerprint density at radius 3 is 2.72 bits per heavy atom. The molecular weight excluding hydrogens is 374 g/mol. The lowest BCUT2D eigenvalue weighted by Gasteiger charge is -2.12. The highest BCUT2D eigenvalue weighted by atomic mass is 16.5. The number of rotatable bonds is 8. The summed E-state index contributed by atoms with van der Waals surface area (Å²) in [6.07, 6.45) is 2.25. The van der Waals surface area contributed by atoms with Crippen molar-refractivity contribution in [3.8, 4) is 5.75 Å². The lowest BCUT2D eigenvalue weighted by Crippen LogP contribution is -2.35. The molecule has 2 atom stereocenters. The van der Waals surface area contributed by atoms with E-state index in [0.29, 0.717) is 12.4 Å². The molecule has 0 spiro atoms. The van der Waals surface area contributed by atoms with Crippen molar-refractivity contribution < 1.29 is 19.1 Å². The minimum absolute atomic E-state index is 0.0186. The van der Waals surface area contributed by atoms with Crippen molar-refractivity contribution in [2.75, 3.05) is 20.8 Å². The van der Waals surface area contributed by atoms with E-state index in [1.807, 2.05) is 19.1 Å². The number of benzene rings is 1. The van der Waals surface area contributed by atoms with Gasteiger partial charge in [0.2, 0.25) is 0 Å². The molecule has 3 rings (SSSR count). The van der Waals surface area contributed by atoms with Crippen molar-refractivity contribution in [3.63, 3.8) is 0 Å². The SMILES string of the molecule is CCOC1CC1NC(=O)c1cc(C(=O)NC)c(=O)n(Cc2cccc(OC)c2)c1. The summed E-state index contributed by atoms with van der Waals surface area (Å²) in [5, 5.41) is 5.34.